The second kappa shape index (κ2) is 8.63. The first-order valence-corrected chi connectivity index (χ1v) is 7.83. The summed E-state index contributed by atoms with van der Waals surface area (Å²) in [6, 6.07) is 14.9. The number of methoxy groups -OCH3 is 1. The molecule has 0 radical (unpaired) electrons. The maximum Gasteiger partial charge on any atom is 0.337 e. The Bertz CT molecular complexity index is 742. The van der Waals surface area contributed by atoms with Crippen molar-refractivity contribution in [3.8, 4) is 0 Å². The normalized spacial score (nSPS) is 11.3. The molecule has 0 saturated carbocycles. The molecule has 0 bridgehead atoms. The van der Waals surface area contributed by atoms with E-state index in [4.69, 9.17) is 0 Å². The SMILES string of the molecule is COC(=O)c1ccc(NC(=O)CC(C)NC(=O)c2ccccc2)cc1. The maximum atomic E-state index is 12.1. The summed E-state index contributed by atoms with van der Waals surface area (Å²) >= 11 is 0. The molecule has 0 aliphatic rings. The molecule has 2 N–H and O–H groups in total. The van der Waals surface area contributed by atoms with E-state index in [9.17, 15) is 14.4 Å². The second-order valence-electron chi connectivity index (χ2n) is 5.56. The van der Waals surface area contributed by atoms with E-state index in [1.807, 2.05) is 6.07 Å². The number of hydrogen-bond donors (Lipinski definition) is 2. The Labute approximate surface area is 146 Å². The molecule has 0 fully saturated rings. The molecule has 0 aliphatic carbocycles. The van der Waals surface area contributed by atoms with Crippen molar-refractivity contribution < 1.29 is 19.1 Å². The minimum Gasteiger partial charge on any atom is -0.465 e. The Morgan fingerprint density at radius 1 is 0.960 bits per heavy atom. The van der Waals surface area contributed by atoms with E-state index in [0.29, 0.717) is 16.8 Å². The summed E-state index contributed by atoms with van der Waals surface area (Å²) in [6.07, 6.45) is 0.136. The van der Waals surface area contributed by atoms with Gasteiger partial charge in [-0.2, -0.15) is 0 Å². The number of carbonyl (C=O) groups is 3. The van der Waals surface area contributed by atoms with Crippen LogP contribution in [0.25, 0.3) is 0 Å². The van der Waals surface area contributed by atoms with Crippen LogP contribution in [-0.4, -0.2) is 30.9 Å². The van der Waals surface area contributed by atoms with Crippen LogP contribution in [0.1, 0.15) is 34.1 Å². The van der Waals surface area contributed by atoms with Crippen molar-refractivity contribution in [2.24, 2.45) is 0 Å². The second-order valence-corrected chi connectivity index (χ2v) is 5.56. The summed E-state index contributed by atoms with van der Waals surface area (Å²) in [6.45, 7) is 1.76. The average Bonchev–Trinajstić information content (AvgIpc) is 2.62. The number of esters is 1. The summed E-state index contributed by atoms with van der Waals surface area (Å²) < 4.78 is 4.62. The number of ether oxygens (including phenoxy) is 1. The molecule has 0 aromatic heterocycles. The monoisotopic (exact) mass is 340 g/mol. The van der Waals surface area contributed by atoms with Crippen molar-refractivity contribution in [1.29, 1.82) is 0 Å². The van der Waals surface area contributed by atoms with Crippen molar-refractivity contribution >= 4 is 23.5 Å². The highest BCUT2D eigenvalue weighted by Crippen LogP contribution is 2.11. The minimum absolute atomic E-state index is 0.136. The number of carbonyl (C=O) groups excluding carboxylic acids is 3. The molecule has 2 aromatic carbocycles. The number of nitrogens with one attached hydrogen (secondary N) is 2. The Morgan fingerprint density at radius 2 is 1.60 bits per heavy atom. The molecule has 6 heteroatoms. The standard InChI is InChI=1S/C19H20N2O4/c1-13(20-18(23)14-6-4-3-5-7-14)12-17(22)21-16-10-8-15(9-11-16)19(24)25-2/h3-11,13H,12H2,1-2H3,(H,20,23)(H,21,22). The minimum atomic E-state index is -0.435. The first-order chi connectivity index (χ1) is 12.0. The lowest BCUT2D eigenvalue weighted by Gasteiger charge is -2.14. The predicted molar refractivity (Wildman–Crippen MR) is 94.4 cm³/mol. The van der Waals surface area contributed by atoms with Gasteiger partial charge in [0, 0.05) is 23.7 Å². The average molecular weight is 340 g/mol. The molecule has 1 atom stereocenters. The van der Waals surface area contributed by atoms with E-state index in [-0.39, 0.29) is 24.3 Å². The van der Waals surface area contributed by atoms with E-state index >= 15 is 0 Å². The van der Waals surface area contributed by atoms with E-state index in [0.717, 1.165) is 0 Å². The third kappa shape index (κ3) is 5.46. The van der Waals surface area contributed by atoms with Crippen molar-refractivity contribution in [2.75, 3.05) is 12.4 Å². The van der Waals surface area contributed by atoms with Gasteiger partial charge in [-0.15, -0.1) is 0 Å². The van der Waals surface area contributed by atoms with Crippen molar-refractivity contribution in [3.63, 3.8) is 0 Å². The highest BCUT2D eigenvalue weighted by molar-refractivity contribution is 5.96. The van der Waals surface area contributed by atoms with Crippen LogP contribution < -0.4 is 10.6 Å². The van der Waals surface area contributed by atoms with Gasteiger partial charge >= 0.3 is 5.97 Å². The van der Waals surface area contributed by atoms with E-state index in [2.05, 4.69) is 15.4 Å². The van der Waals surface area contributed by atoms with Gasteiger partial charge in [-0.3, -0.25) is 9.59 Å². The van der Waals surface area contributed by atoms with E-state index in [1.165, 1.54) is 7.11 Å². The quantitative estimate of drug-likeness (QED) is 0.792. The van der Waals surface area contributed by atoms with Crippen LogP contribution in [0.15, 0.2) is 54.6 Å². The van der Waals surface area contributed by atoms with Gasteiger partial charge in [0.2, 0.25) is 5.91 Å². The molecule has 2 amide bonds. The molecule has 1 unspecified atom stereocenters. The molecule has 25 heavy (non-hydrogen) atoms. The molecule has 130 valence electrons. The van der Waals surface area contributed by atoms with Crippen molar-refractivity contribution in [3.05, 3.63) is 65.7 Å². The lowest BCUT2D eigenvalue weighted by Crippen LogP contribution is -2.35. The Balaban J connectivity index is 1.85. The fourth-order valence-electron chi connectivity index (χ4n) is 2.25. The number of anilines is 1. The van der Waals surface area contributed by atoms with Crippen LogP contribution >= 0.6 is 0 Å². The van der Waals surface area contributed by atoms with Crippen LogP contribution in [0.4, 0.5) is 5.69 Å². The fraction of sp³-hybridized carbons (Fsp3) is 0.211. The molecule has 2 aromatic rings. The highest BCUT2D eigenvalue weighted by atomic mass is 16.5. The first kappa shape index (κ1) is 18.2. The van der Waals surface area contributed by atoms with Gasteiger partial charge in [0.1, 0.15) is 0 Å². The van der Waals surface area contributed by atoms with Crippen LogP contribution in [0, 0.1) is 0 Å². The predicted octanol–water partition coefficient (Wildman–Crippen LogP) is 2.62. The lowest BCUT2D eigenvalue weighted by molar-refractivity contribution is -0.116. The third-order valence-corrected chi connectivity index (χ3v) is 3.49. The Morgan fingerprint density at radius 3 is 2.20 bits per heavy atom. The molecule has 2 rings (SSSR count). The van der Waals surface area contributed by atoms with Crippen LogP contribution in [0.2, 0.25) is 0 Å². The van der Waals surface area contributed by atoms with Gasteiger partial charge < -0.3 is 15.4 Å². The summed E-state index contributed by atoms with van der Waals surface area (Å²) in [5.41, 5.74) is 1.52. The smallest absolute Gasteiger partial charge is 0.337 e. The summed E-state index contributed by atoms with van der Waals surface area (Å²) in [4.78, 5) is 35.5. The number of rotatable bonds is 6. The molecule has 0 spiro atoms. The lowest BCUT2D eigenvalue weighted by atomic mass is 10.1. The van der Waals surface area contributed by atoms with Gasteiger partial charge in [-0.05, 0) is 43.3 Å². The van der Waals surface area contributed by atoms with Crippen LogP contribution in [0.3, 0.4) is 0 Å². The van der Waals surface area contributed by atoms with E-state index in [1.54, 1.807) is 55.5 Å². The van der Waals surface area contributed by atoms with Gasteiger partial charge in [0.05, 0.1) is 12.7 Å². The fourth-order valence-corrected chi connectivity index (χ4v) is 2.25. The van der Waals surface area contributed by atoms with Crippen molar-refractivity contribution in [1.82, 2.24) is 5.32 Å². The van der Waals surface area contributed by atoms with Gasteiger partial charge in [0.25, 0.3) is 5.91 Å². The van der Waals surface area contributed by atoms with E-state index < -0.39 is 5.97 Å². The van der Waals surface area contributed by atoms with Crippen LogP contribution in [-0.2, 0) is 9.53 Å². The summed E-state index contributed by atoms with van der Waals surface area (Å²) in [5.74, 6) is -0.884. The maximum absolute atomic E-state index is 12.1. The molecule has 0 saturated heterocycles. The first-order valence-electron chi connectivity index (χ1n) is 7.83. The third-order valence-electron chi connectivity index (χ3n) is 3.49. The highest BCUT2D eigenvalue weighted by Gasteiger charge is 2.13. The topological polar surface area (TPSA) is 84.5 Å². The van der Waals surface area contributed by atoms with Gasteiger partial charge in [-0.1, -0.05) is 18.2 Å². The molecule has 6 nitrogen and oxygen atoms in total. The molecular formula is C19H20N2O4. The number of hydrogen-bond acceptors (Lipinski definition) is 4. The largest absolute Gasteiger partial charge is 0.465 e. The zero-order valence-electron chi connectivity index (χ0n) is 14.1. The Kier molecular flexibility index (Phi) is 6.28. The zero-order chi connectivity index (χ0) is 18.2. The molecule has 0 heterocycles. The van der Waals surface area contributed by atoms with Gasteiger partial charge in [-0.25, -0.2) is 4.79 Å². The molecule has 0 aliphatic heterocycles. The number of amides is 2. The Hall–Kier alpha value is -3.15. The van der Waals surface area contributed by atoms with Crippen molar-refractivity contribution in [2.45, 2.75) is 19.4 Å². The van der Waals surface area contributed by atoms with Gasteiger partial charge in [0.15, 0.2) is 0 Å². The molecular weight excluding hydrogens is 320 g/mol. The number of benzene rings is 2. The summed E-state index contributed by atoms with van der Waals surface area (Å²) in [7, 11) is 1.31. The zero-order valence-corrected chi connectivity index (χ0v) is 14.1. The van der Waals surface area contributed by atoms with Crippen LogP contribution in [0.5, 0.6) is 0 Å². The summed E-state index contributed by atoms with van der Waals surface area (Å²) in [5, 5.41) is 5.51.